The molecule has 0 heterocycles. The van der Waals surface area contributed by atoms with Crippen LogP contribution in [0.5, 0.6) is 0 Å². The molecule has 4 aliphatic carbocycles. The van der Waals surface area contributed by atoms with Gasteiger partial charge in [-0.15, -0.1) is 0 Å². The van der Waals surface area contributed by atoms with Gasteiger partial charge in [-0.25, -0.2) is 0 Å². The van der Waals surface area contributed by atoms with E-state index in [1.54, 1.807) is 0 Å². The molecule has 0 bridgehead atoms. The minimum absolute atomic E-state index is 0.304. The van der Waals surface area contributed by atoms with Crippen molar-refractivity contribution in [2.24, 2.45) is 58.2 Å². The minimum atomic E-state index is 0.304. The fourth-order valence-corrected chi connectivity index (χ4v) is 9.19. The van der Waals surface area contributed by atoms with Crippen molar-refractivity contribution in [3.63, 3.8) is 0 Å². The Morgan fingerprint density at radius 2 is 1.74 bits per heavy atom. The monoisotopic (exact) mass is 426 g/mol. The number of hydrogen-bond donors (Lipinski definition) is 1. The Morgan fingerprint density at radius 3 is 2.45 bits per heavy atom. The van der Waals surface area contributed by atoms with Crippen LogP contribution in [-0.2, 0) is 0 Å². The van der Waals surface area contributed by atoms with Crippen LogP contribution < -0.4 is 0 Å². The van der Waals surface area contributed by atoms with Crippen LogP contribution in [0.25, 0.3) is 0 Å². The first-order valence-electron chi connectivity index (χ1n) is 13.7. The molecular weight excluding hydrogens is 376 g/mol. The second-order valence-electron chi connectivity index (χ2n) is 12.9. The molecule has 0 spiro atoms. The summed E-state index contributed by atoms with van der Waals surface area (Å²) in [4.78, 5) is 0. The first-order valence-corrected chi connectivity index (χ1v) is 13.7. The Hall–Kier alpha value is -0.560. The lowest BCUT2D eigenvalue weighted by molar-refractivity contribution is -0.0266. The van der Waals surface area contributed by atoms with Gasteiger partial charge in [0, 0.05) is 6.61 Å². The topological polar surface area (TPSA) is 20.2 Å². The van der Waals surface area contributed by atoms with E-state index in [0.717, 1.165) is 36.0 Å². The van der Waals surface area contributed by atoms with E-state index in [9.17, 15) is 5.11 Å². The molecule has 0 aromatic rings. The molecule has 0 amide bonds. The highest BCUT2D eigenvalue weighted by atomic mass is 16.3. The second-order valence-corrected chi connectivity index (χ2v) is 12.9. The van der Waals surface area contributed by atoms with Crippen LogP contribution >= 0.6 is 0 Å². The SMILES string of the molecule is CC1CCC[C@@]2(C)C1CC=C1[C@@H]3CC[C@H]([C@H](C)C=C[C@@H](CCO)C(C)C)[C@@]3(C)CC[C@@H]12. The van der Waals surface area contributed by atoms with Gasteiger partial charge in [0.05, 0.1) is 0 Å². The van der Waals surface area contributed by atoms with E-state index in [1.807, 2.05) is 5.57 Å². The van der Waals surface area contributed by atoms with Gasteiger partial charge in [0.1, 0.15) is 0 Å². The Morgan fingerprint density at radius 1 is 1.00 bits per heavy atom. The van der Waals surface area contributed by atoms with E-state index < -0.39 is 0 Å². The molecule has 0 aliphatic heterocycles. The van der Waals surface area contributed by atoms with Gasteiger partial charge in [-0.3, -0.25) is 0 Å². The second kappa shape index (κ2) is 9.00. The van der Waals surface area contributed by atoms with Crippen molar-refractivity contribution < 1.29 is 5.11 Å². The summed E-state index contributed by atoms with van der Waals surface area (Å²) in [7, 11) is 0. The molecule has 0 aromatic carbocycles. The molecule has 4 rings (SSSR count). The zero-order valence-electron chi connectivity index (χ0n) is 21.4. The van der Waals surface area contributed by atoms with Crippen LogP contribution in [0.15, 0.2) is 23.8 Å². The maximum atomic E-state index is 9.45. The van der Waals surface area contributed by atoms with Crippen molar-refractivity contribution in [1.82, 2.24) is 0 Å². The Labute approximate surface area is 193 Å². The molecule has 2 unspecified atom stereocenters. The Kier molecular flexibility index (Phi) is 6.85. The molecule has 1 nitrogen and oxygen atoms in total. The lowest BCUT2D eigenvalue weighted by Crippen LogP contribution is -2.50. The summed E-state index contributed by atoms with van der Waals surface area (Å²) < 4.78 is 0. The van der Waals surface area contributed by atoms with E-state index in [-0.39, 0.29) is 0 Å². The zero-order chi connectivity index (χ0) is 22.4. The number of allylic oxidation sites excluding steroid dienone is 4. The maximum absolute atomic E-state index is 9.45. The summed E-state index contributed by atoms with van der Waals surface area (Å²) in [5, 5.41) is 9.45. The standard InChI is InChI=1S/C30H50O/c1-20(2)23(16-19-31)10-9-22(4)26-13-14-27-24-11-12-25-21(3)8-7-17-29(25,5)28(24)15-18-30(26,27)6/h9-11,20-23,25-28,31H,7-8,12-19H2,1-6H3/t21?,22-,23+,25?,26-,27+,28+,29+,30-/m1/s1. The van der Waals surface area contributed by atoms with Crippen molar-refractivity contribution in [3.8, 4) is 0 Å². The van der Waals surface area contributed by atoms with Crippen molar-refractivity contribution in [3.05, 3.63) is 23.8 Å². The molecule has 1 N–H and O–H groups in total. The van der Waals surface area contributed by atoms with Crippen LogP contribution in [-0.4, -0.2) is 11.7 Å². The summed E-state index contributed by atoms with van der Waals surface area (Å²) in [6, 6.07) is 0. The van der Waals surface area contributed by atoms with Crippen LogP contribution in [0.3, 0.4) is 0 Å². The highest BCUT2D eigenvalue weighted by Crippen LogP contribution is 2.67. The van der Waals surface area contributed by atoms with Crippen molar-refractivity contribution in [1.29, 1.82) is 0 Å². The van der Waals surface area contributed by atoms with Gasteiger partial charge >= 0.3 is 0 Å². The first kappa shape index (κ1) is 23.6. The van der Waals surface area contributed by atoms with Crippen LogP contribution in [0.4, 0.5) is 0 Å². The first-order chi connectivity index (χ1) is 14.7. The number of fused-ring (bicyclic) bond motifs is 5. The molecular formula is C30H50O. The predicted molar refractivity (Wildman–Crippen MR) is 133 cm³/mol. The van der Waals surface area contributed by atoms with Gasteiger partial charge in [0.25, 0.3) is 0 Å². The van der Waals surface area contributed by atoms with Gasteiger partial charge in [-0.05, 0) is 103 Å². The van der Waals surface area contributed by atoms with Gasteiger partial charge in [0.15, 0.2) is 0 Å². The molecule has 1 heteroatoms. The molecule has 0 radical (unpaired) electrons. The van der Waals surface area contributed by atoms with Gasteiger partial charge < -0.3 is 5.11 Å². The van der Waals surface area contributed by atoms with Crippen molar-refractivity contribution in [2.75, 3.05) is 6.61 Å². The Bertz CT molecular complexity index is 689. The number of aliphatic hydroxyl groups is 1. The number of rotatable bonds is 6. The lowest BCUT2D eigenvalue weighted by Gasteiger charge is -2.58. The van der Waals surface area contributed by atoms with E-state index >= 15 is 0 Å². The number of hydrogen-bond acceptors (Lipinski definition) is 1. The van der Waals surface area contributed by atoms with Crippen LogP contribution in [0.1, 0.15) is 99.3 Å². The number of aliphatic hydroxyl groups excluding tert-OH is 1. The fraction of sp³-hybridized carbons (Fsp3) is 0.867. The fourth-order valence-electron chi connectivity index (χ4n) is 9.19. The molecule has 31 heavy (non-hydrogen) atoms. The molecule has 0 saturated heterocycles. The minimum Gasteiger partial charge on any atom is -0.396 e. The van der Waals surface area contributed by atoms with Gasteiger partial charge in [0.2, 0.25) is 0 Å². The molecule has 176 valence electrons. The average molecular weight is 427 g/mol. The van der Waals surface area contributed by atoms with E-state index in [4.69, 9.17) is 0 Å². The molecule has 3 fully saturated rings. The summed E-state index contributed by atoms with van der Waals surface area (Å²) >= 11 is 0. The third-order valence-electron chi connectivity index (χ3n) is 11.1. The Balaban J connectivity index is 1.53. The average Bonchev–Trinajstić information content (AvgIpc) is 3.08. The predicted octanol–water partition coefficient (Wildman–Crippen LogP) is 8.05. The highest BCUT2D eigenvalue weighted by molar-refractivity contribution is 5.28. The van der Waals surface area contributed by atoms with E-state index in [0.29, 0.717) is 35.2 Å². The summed E-state index contributed by atoms with van der Waals surface area (Å²) in [6.07, 6.45) is 20.1. The summed E-state index contributed by atoms with van der Waals surface area (Å²) in [6.45, 7) is 15.2. The largest absolute Gasteiger partial charge is 0.396 e. The molecule has 3 saturated carbocycles. The normalized spacial score (nSPS) is 44.5. The third-order valence-corrected chi connectivity index (χ3v) is 11.1. The van der Waals surface area contributed by atoms with Crippen LogP contribution in [0, 0.1) is 58.2 Å². The summed E-state index contributed by atoms with van der Waals surface area (Å²) in [5.41, 5.74) is 2.96. The van der Waals surface area contributed by atoms with Gasteiger partial charge in [-0.1, -0.05) is 78.2 Å². The van der Waals surface area contributed by atoms with Crippen molar-refractivity contribution >= 4 is 0 Å². The van der Waals surface area contributed by atoms with Gasteiger partial charge in [-0.2, -0.15) is 0 Å². The van der Waals surface area contributed by atoms with Crippen molar-refractivity contribution in [2.45, 2.75) is 99.3 Å². The molecule has 4 aliphatic rings. The maximum Gasteiger partial charge on any atom is 0.0436 e. The quantitative estimate of drug-likeness (QED) is 0.426. The van der Waals surface area contributed by atoms with E-state index in [2.05, 4.69) is 59.8 Å². The lowest BCUT2D eigenvalue weighted by atomic mass is 9.46. The smallest absolute Gasteiger partial charge is 0.0436 e. The molecule has 0 aromatic heterocycles. The van der Waals surface area contributed by atoms with E-state index in [1.165, 1.54) is 51.4 Å². The molecule has 9 atom stereocenters. The summed E-state index contributed by atoms with van der Waals surface area (Å²) in [5.74, 6) is 6.13. The highest BCUT2D eigenvalue weighted by Gasteiger charge is 2.58. The zero-order valence-corrected chi connectivity index (χ0v) is 21.4. The third kappa shape index (κ3) is 4.00. The van der Waals surface area contributed by atoms with Crippen LogP contribution in [0.2, 0.25) is 0 Å².